The molecule has 0 radical (unpaired) electrons. The van der Waals surface area contributed by atoms with E-state index in [9.17, 15) is 10.4 Å². The Labute approximate surface area is 169 Å². The zero-order valence-corrected chi connectivity index (χ0v) is 16.1. The second-order valence-electron chi connectivity index (χ2n) is 7.08. The van der Waals surface area contributed by atoms with Gasteiger partial charge >= 0.3 is 0 Å². The van der Waals surface area contributed by atoms with Gasteiger partial charge < -0.3 is 14.6 Å². The standard InChI is InChI=1S/C23H21N3O3/c1-15-10-19(12-22(26-15)17-6-8-28-9-7-17)29-23-11-16(13-24)2-4-20(23)21-5-3-18(27)14-25-21/h2-5,10-12,14,17,27H,6-9H2,1H3. The Morgan fingerprint density at radius 3 is 2.69 bits per heavy atom. The number of aromatic nitrogens is 2. The molecule has 0 atom stereocenters. The van der Waals surface area contributed by atoms with Gasteiger partial charge in [0, 0.05) is 48.2 Å². The first-order valence-electron chi connectivity index (χ1n) is 9.56. The van der Waals surface area contributed by atoms with E-state index >= 15 is 0 Å². The topological polar surface area (TPSA) is 88.3 Å². The molecule has 2 aromatic heterocycles. The van der Waals surface area contributed by atoms with Crippen LogP contribution in [0.5, 0.6) is 17.2 Å². The Hall–Kier alpha value is -3.43. The number of hydrogen-bond acceptors (Lipinski definition) is 6. The van der Waals surface area contributed by atoms with Crippen LogP contribution >= 0.6 is 0 Å². The van der Waals surface area contributed by atoms with E-state index in [-0.39, 0.29) is 5.75 Å². The molecule has 1 aliphatic rings. The van der Waals surface area contributed by atoms with Gasteiger partial charge in [-0.15, -0.1) is 0 Å². The first-order chi connectivity index (χ1) is 14.1. The number of aromatic hydroxyl groups is 1. The molecule has 1 aliphatic heterocycles. The van der Waals surface area contributed by atoms with Crippen LogP contribution in [-0.4, -0.2) is 28.3 Å². The van der Waals surface area contributed by atoms with Crippen molar-refractivity contribution >= 4 is 0 Å². The van der Waals surface area contributed by atoms with Crippen LogP contribution in [0.15, 0.2) is 48.7 Å². The van der Waals surface area contributed by atoms with Gasteiger partial charge in [0.25, 0.3) is 0 Å². The van der Waals surface area contributed by atoms with E-state index in [0.29, 0.717) is 28.7 Å². The summed E-state index contributed by atoms with van der Waals surface area (Å²) in [5.41, 5.74) is 3.77. The molecule has 0 spiro atoms. The lowest BCUT2D eigenvalue weighted by molar-refractivity contribution is 0.0844. The van der Waals surface area contributed by atoms with Gasteiger partial charge in [-0.05, 0) is 50.1 Å². The van der Waals surface area contributed by atoms with E-state index in [2.05, 4.69) is 11.1 Å². The molecule has 0 saturated carbocycles. The average Bonchev–Trinajstić information content (AvgIpc) is 2.74. The second kappa shape index (κ2) is 8.29. The number of hydrogen-bond donors (Lipinski definition) is 1. The monoisotopic (exact) mass is 387 g/mol. The lowest BCUT2D eigenvalue weighted by Gasteiger charge is -2.22. The van der Waals surface area contributed by atoms with E-state index in [1.807, 2.05) is 19.1 Å². The predicted octanol–water partition coefficient (Wildman–Crippen LogP) is 4.72. The van der Waals surface area contributed by atoms with Crippen molar-refractivity contribution in [3.63, 3.8) is 0 Å². The summed E-state index contributed by atoms with van der Waals surface area (Å²) in [6.45, 7) is 3.44. The summed E-state index contributed by atoms with van der Waals surface area (Å²) in [7, 11) is 0. The predicted molar refractivity (Wildman–Crippen MR) is 108 cm³/mol. The van der Waals surface area contributed by atoms with Crippen molar-refractivity contribution in [3.8, 4) is 34.6 Å². The SMILES string of the molecule is Cc1cc(Oc2cc(C#N)ccc2-c2ccc(O)cn2)cc(C2CCOCC2)n1. The van der Waals surface area contributed by atoms with Gasteiger partial charge in [0.1, 0.15) is 17.2 Å². The van der Waals surface area contributed by atoms with Crippen molar-refractivity contribution in [2.75, 3.05) is 13.2 Å². The van der Waals surface area contributed by atoms with E-state index in [0.717, 1.165) is 43.0 Å². The van der Waals surface area contributed by atoms with E-state index < -0.39 is 0 Å². The number of aryl methyl sites for hydroxylation is 1. The van der Waals surface area contributed by atoms with Crippen molar-refractivity contribution < 1.29 is 14.6 Å². The van der Waals surface area contributed by atoms with Gasteiger partial charge in [0.15, 0.2) is 0 Å². The van der Waals surface area contributed by atoms with Crippen LogP contribution < -0.4 is 4.74 Å². The maximum atomic E-state index is 9.52. The zero-order chi connectivity index (χ0) is 20.2. The van der Waals surface area contributed by atoms with E-state index in [1.54, 1.807) is 30.3 Å². The molecule has 6 heteroatoms. The number of nitrogens with zero attached hydrogens (tertiary/aromatic N) is 3. The lowest BCUT2D eigenvalue weighted by atomic mass is 9.95. The van der Waals surface area contributed by atoms with Gasteiger partial charge in [-0.3, -0.25) is 9.97 Å². The normalized spacial score (nSPS) is 14.3. The van der Waals surface area contributed by atoms with Gasteiger partial charge in [-0.25, -0.2) is 0 Å². The Balaban J connectivity index is 1.71. The molecular weight excluding hydrogens is 366 g/mol. The molecule has 4 rings (SSSR count). The lowest BCUT2D eigenvalue weighted by Crippen LogP contribution is -2.15. The molecule has 1 N–H and O–H groups in total. The molecule has 0 amide bonds. The number of benzene rings is 1. The fraction of sp³-hybridized carbons (Fsp3) is 0.261. The maximum Gasteiger partial charge on any atom is 0.138 e. The minimum absolute atomic E-state index is 0.0933. The quantitative estimate of drug-likeness (QED) is 0.697. The van der Waals surface area contributed by atoms with Crippen molar-refractivity contribution in [1.82, 2.24) is 9.97 Å². The number of ether oxygens (including phenoxy) is 2. The molecule has 3 aromatic rings. The Kier molecular flexibility index (Phi) is 5.41. The van der Waals surface area contributed by atoms with Crippen LogP contribution in [0.1, 0.15) is 35.7 Å². The molecule has 1 fully saturated rings. The van der Waals surface area contributed by atoms with Crippen LogP contribution in [0.3, 0.4) is 0 Å². The van der Waals surface area contributed by atoms with Gasteiger partial charge in [-0.2, -0.15) is 5.26 Å². The third kappa shape index (κ3) is 4.36. The maximum absolute atomic E-state index is 9.52. The highest BCUT2D eigenvalue weighted by Crippen LogP contribution is 2.35. The fourth-order valence-electron chi connectivity index (χ4n) is 3.48. The summed E-state index contributed by atoms with van der Waals surface area (Å²) in [5.74, 6) is 1.66. The minimum Gasteiger partial charge on any atom is -0.506 e. The van der Waals surface area contributed by atoms with Crippen LogP contribution in [0.25, 0.3) is 11.3 Å². The summed E-state index contributed by atoms with van der Waals surface area (Å²) in [6.07, 6.45) is 3.28. The van der Waals surface area contributed by atoms with Crippen LogP contribution in [0, 0.1) is 18.3 Å². The highest BCUT2D eigenvalue weighted by atomic mass is 16.5. The molecule has 1 aromatic carbocycles. The molecule has 146 valence electrons. The zero-order valence-electron chi connectivity index (χ0n) is 16.1. The van der Waals surface area contributed by atoms with Gasteiger partial charge in [-0.1, -0.05) is 0 Å². The van der Waals surface area contributed by atoms with Gasteiger partial charge in [0.05, 0.1) is 23.5 Å². The van der Waals surface area contributed by atoms with Crippen LogP contribution in [-0.2, 0) is 4.74 Å². The molecular formula is C23H21N3O3. The largest absolute Gasteiger partial charge is 0.506 e. The van der Waals surface area contributed by atoms with Crippen molar-refractivity contribution in [1.29, 1.82) is 5.26 Å². The third-order valence-corrected chi connectivity index (χ3v) is 4.95. The molecule has 1 saturated heterocycles. The highest BCUT2D eigenvalue weighted by Gasteiger charge is 2.19. The molecule has 0 aliphatic carbocycles. The fourth-order valence-corrected chi connectivity index (χ4v) is 3.48. The van der Waals surface area contributed by atoms with Crippen molar-refractivity contribution in [3.05, 3.63) is 65.6 Å². The molecule has 3 heterocycles. The van der Waals surface area contributed by atoms with E-state index in [1.165, 1.54) is 6.20 Å². The first kappa shape index (κ1) is 18.9. The highest BCUT2D eigenvalue weighted by molar-refractivity contribution is 5.69. The summed E-state index contributed by atoms with van der Waals surface area (Å²) in [4.78, 5) is 8.97. The Morgan fingerprint density at radius 2 is 1.97 bits per heavy atom. The summed E-state index contributed by atoms with van der Waals surface area (Å²) in [5, 5.41) is 18.8. The van der Waals surface area contributed by atoms with Crippen LogP contribution in [0.4, 0.5) is 0 Å². The Morgan fingerprint density at radius 1 is 1.14 bits per heavy atom. The number of nitriles is 1. The van der Waals surface area contributed by atoms with Gasteiger partial charge in [0.2, 0.25) is 0 Å². The van der Waals surface area contributed by atoms with Crippen molar-refractivity contribution in [2.45, 2.75) is 25.7 Å². The third-order valence-electron chi connectivity index (χ3n) is 4.95. The summed E-state index contributed by atoms with van der Waals surface area (Å²) < 4.78 is 11.7. The molecule has 0 bridgehead atoms. The first-order valence-corrected chi connectivity index (χ1v) is 9.56. The summed E-state index contributed by atoms with van der Waals surface area (Å²) in [6, 6.07) is 14.5. The molecule has 29 heavy (non-hydrogen) atoms. The molecule has 6 nitrogen and oxygen atoms in total. The second-order valence-corrected chi connectivity index (χ2v) is 7.08. The Bertz CT molecular complexity index is 1050. The smallest absolute Gasteiger partial charge is 0.138 e. The van der Waals surface area contributed by atoms with E-state index in [4.69, 9.17) is 14.5 Å². The number of rotatable bonds is 4. The summed E-state index contributed by atoms with van der Waals surface area (Å²) >= 11 is 0. The minimum atomic E-state index is 0.0933. The van der Waals surface area contributed by atoms with Crippen LogP contribution in [0.2, 0.25) is 0 Å². The average molecular weight is 387 g/mol. The number of pyridine rings is 2. The molecule has 0 unspecified atom stereocenters. The van der Waals surface area contributed by atoms with Crippen molar-refractivity contribution in [2.24, 2.45) is 0 Å².